The van der Waals surface area contributed by atoms with Crippen LogP contribution in [0.15, 0.2) is 29.4 Å². The Labute approximate surface area is 163 Å². The van der Waals surface area contributed by atoms with Gasteiger partial charge in [-0.1, -0.05) is 30.9 Å². The van der Waals surface area contributed by atoms with Gasteiger partial charge in [0.25, 0.3) is 5.91 Å². The van der Waals surface area contributed by atoms with Gasteiger partial charge in [0.2, 0.25) is 0 Å². The van der Waals surface area contributed by atoms with Crippen LogP contribution in [0.1, 0.15) is 56.0 Å². The van der Waals surface area contributed by atoms with Crippen LogP contribution in [0, 0.1) is 5.92 Å². The summed E-state index contributed by atoms with van der Waals surface area (Å²) in [5.41, 5.74) is 1.51. The molecule has 6 heteroatoms. The third-order valence-corrected chi connectivity index (χ3v) is 6.33. The van der Waals surface area contributed by atoms with Crippen LogP contribution in [-0.4, -0.2) is 17.0 Å². The van der Waals surface area contributed by atoms with Gasteiger partial charge in [0.1, 0.15) is 10.4 Å². The number of nitrogens with zero attached hydrogens (tertiary/aromatic N) is 2. The van der Waals surface area contributed by atoms with E-state index in [2.05, 4.69) is 35.9 Å². The van der Waals surface area contributed by atoms with Crippen LogP contribution < -0.4 is 9.41 Å². The molecule has 1 fully saturated rings. The summed E-state index contributed by atoms with van der Waals surface area (Å²) in [6.45, 7) is 6.46. The lowest BCUT2D eigenvalue weighted by Crippen LogP contribution is -2.18. The standard InChI is InChI=1S/C20H25ClN2O2S/c1-20(2,3)23-12-14(10-13-6-5-7-13)19(26-23)22-18(24)16-11-15(21)8-9-17(16)25-4/h8-9,11-13H,5-7,10H2,1-4H3. The second-order valence-corrected chi connectivity index (χ2v) is 9.21. The molecule has 0 unspecified atom stereocenters. The quantitative estimate of drug-likeness (QED) is 0.730. The first-order valence-electron chi connectivity index (χ1n) is 8.93. The van der Waals surface area contributed by atoms with Crippen molar-refractivity contribution in [3.05, 3.63) is 45.2 Å². The first-order chi connectivity index (χ1) is 12.3. The Bertz CT molecular complexity index is 873. The second-order valence-electron chi connectivity index (χ2n) is 7.81. The summed E-state index contributed by atoms with van der Waals surface area (Å²) >= 11 is 7.60. The van der Waals surface area contributed by atoms with Gasteiger partial charge in [0.15, 0.2) is 0 Å². The molecule has 140 valence electrons. The minimum atomic E-state index is -0.317. The predicted molar refractivity (Wildman–Crippen MR) is 106 cm³/mol. The summed E-state index contributed by atoms with van der Waals surface area (Å²) in [7, 11) is 1.54. The molecular formula is C20H25ClN2O2S. The third-order valence-electron chi connectivity index (χ3n) is 4.72. The van der Waals surface area contributed by atoms with E-state index >= 15 is 0 Å². The van der Waals surface area contributed by atoms with Crippen LogP contribution in [0.3, 0.4) is 0 Å². The van der Waals surface area contributed by atoms with Crippen molar-refractivity contribution in [3.8, 4) is 5.75 Å². The van der Waals surface area contributed by atoms with Crippen LogP contribution in [0.4, 0.5) is 0 Å². The second kappa shape index (κ2) is 7.57. The van der Waals surface area contributed by atoms with Crippen LogP contribution >= 0.6 is 23.1 Å². The van der Waals surface area contributed by atoms with Gasteiger partial charge in [-0.05, 0) is 62.8 Å². The number of carbonyl (C=O) groups is 1. The highest BCUT2D eigenvalue weighted by Gasteiger charge is 2.22. The maximum atomic E-state index is 12.8. The summed E-state index contributed by atoms with van der Waals surface area (Å²) in [5.74, 6) is 0.883. The molecule has 0 radical (unpaired) electrons. The average Bonchev–Trinajstić information content (AvgIpc) is 2.94. The summed E-state index contributed by atoms with van der Waals surface area (Å²) in [4.78, 5) is 17.3. The molecule has 0 aliphatic heterocycles. The Morgan fingerprint density at radius 1 is 1.38 bits per heavy atom. The fraction of sp³-hybridized carbons (Fsp3) is 0.500. The van der Waals surface area contributed by atoms with E-state index < -0.39 is 0 Å². The van der Waals surface area contributed by atoms with E-state index in [1.807, 2.05) is 0 Å². The Morgan fingerprint density at radius 3 is 2.69 bits per heavy atom. The van der Waals surface area contributed by atoms with Gasteiger partial charge in [-0.25, -0.2) is 0 Å². The minimum Gasteiger partial charge on any atom is -0.496 e. The SMILES string of the molecule is COc1ccc(Cl)cc1C(=O)N=c1sn(C(C)(C)C)cc1CC1CCC1. The fourth-order valence-corrected chi connectivity index (χ4v) is 4.13. The average molecular weight is 393 g/mol. The van der Waals surface area contributed by atoms with Gasteiger partial charge in [0.05, 0.1) is 12.7 Å². The zero-order chi connectivity index (χ0) is 18.9. The molecule has 3 rings (SSSR count). The van der Waals surface area contributed by atoms with Crippen LogP contribution in [0.5, 0.6) is 5.75 Å². The Balaban J connectivity index is 2.02. The van der Waals surface area contributed by atoms with Gasteiger partial charge in [-0.2, -0.15) is 4.99 Å². The van der Waals surface area contributed by atoms with Crippen LogP contribution in [0.2, 0.25) is 5.02 Å². The molecule has 0 bridgehead atoms. The number of hydrogen-bond acceptors (Lipinski definition) is 3. The smallest absolute Gasteiger partial charge is 0.282 e. The Kier molecular flexibility index (Phi) is 5.58. The number of rotatable bonds is 4. The molecule has 1 amide bonds. The highest BCUT2D eigenvalue weighted by atomic mass is 35.5. The number of amides is 1. The number of halogens is 1. The highest BCUT2D eigenvalue weighted by molar-refractivity contribution is 7.04. The van der Waals surface area contributed by atoms with Gasteiger partial charge in [-0.15, -0.1) is 0 Å². The number of aromatic nitrogens is 1. The van der Waals surface area contributed by atoms with E-state index in [1.165, 1.54) is 30.8 Å². The highest BCUT2D eigenvalue weighted by Crippen LogP contribution is 2.30. The van der Waals surface area contributed by atoms with Crippen molar-refractivity contribution >= 4 is 29.0 Å². The largest absolute Gasteiger partial charge is 0.496 e. The van der Waals surface area contributed by atoms with Crippen molar-refractivity contribution in [2.45, 2.75) is 52.0 Å². The molecule has 4 nitrogen and oxygen atoms in total. The Morgan fingerprint density at radius 2 is 2.12 bits per heavy atom. The van der Waals surface area contributed by atoms with Crippen molar-refractivity contribution in [1.29, 1.82) is 0 Å². The summed E-state index contributed by atoms with van der Waals surface area (Å²) in [6, 6.07) is 5.02. The van der Waals surface area contributed by atoms with Crippen molar-refractivity contribution in [1.82, 2.24) is 3.96 Å². The van der Waals surface area contributed by atoms with Crippen molar-refractivity contribution in [2.75, 3.05) is 7.11 Å². The molecule has 0 atom stereocenters. The fourth-order valence-electron chi connectivity index (χ4n) is 2.95. The molecule has 1 aromatic heterocycles. The van der Waals surface area contributed by atoms with Crippen molar-refractivity contribution < 1.29 is 9.53 Å². The predicted octanol–water partition coefficient (Wildman–Crippen LogP) is 5.05. The van der Waals surface area contributed by atoms with E-state index in [0.29, 0.717) is 22.3 Å². The molecule has 1 aliphatic rings. The maximum Gasteiger partial charge on any atom is 0.282 e. The first kappa shape index (κ1) is 19.2. The molecule has 26 heavy (non-hydrogen) atoms. The molecule has 2 aromatic rings. The van der Waals surface area contributed by atoms with Crippen molar-refractivity contribution in [2.24, 2.45) is 10.9 Å². The summed E-state index contributed by atoms with van der Waals surface area (Å²) in [5, 5.41) is 0.495. The molecule has 0 spiro atoms. The normalized spacial score (nSPS) is 15.8. The zero-order valence-electron chi connectivity index (χ0n) is 15.7. The number of carbonyl (C=O) groups excluding carboxylic acids is 1. The first-order valence-corrected chi connectivity index (χ1v) is 10.1. The van der Waals surface area contributed by atoms with E-state index in [-0.39, 0.29) is 11.4 Å². The van der Waals surface area contributed by atoms with E-state index in [0.717, 1.165) is 16.7 Å². The molecule has 0 saturated heterocycles. The van der Waals surface area contributed by atoms with Crippen LogP contribution in [-0.2, 0) is 12.0 Å². The molecule has 1 aromatic carbocycles. The number of benzene rings is 1. The van der Waals surface area contributed by atoms with Crippen LogP contribution in [0.25, 0.3) is 0 Å². The molecule has 1 heterocycles. The number of methoxy groups -OCH3 is 1. The lowest BCUT2D eigenvalue weighted by atomic mass is 9.81. The van der Waals surface area contributed by atoms with E-state index in [9.17, 15) is 4.79 Å². The lowest BCUT2D eigenvalue weighted by molar-refractivity contribution is 0.0996. The lowest BCUT2D eigenvalue weighted by Gasteiger charge is -2.24. The van der Waals surface area contributed by atoms with E-state index in [1.54, 1.807) is 25.3 Å². The topological polar surface area (TPSA) is 43.6 Å². The van der Waals surface area contributed by atoms with E-state index in [4.69, 9.17) is 16.3 Å². The molecule has 0 N–H and O–H groups in total. The van der Waals surface area contributed by atoms with Gasteiger partial charge in [0, 0.05) is 22.3 Å². The molecule has 1 aliphatic carbocycles. The minimum absolute atomic E-state index is 0.0381. The molecule has 1 saturated carbocycles. The third kappa shape index (κ3) is 4.21. The van der Waals surface area contributed by atoms with Gasteiger partial charge in [-0.3, -0.25) is 8.75 Å². The summed E-state index contributed by atoms with van der Waals surface area (Å²) in [6.07, 6.45) is 6.98. The number of hydrogen-bond donors (Lipinski definition) is 0. The van der Waals surface area contributed by atoms with Gasteiger partial charge < -0.3 is 4.74 Å². The molecular weight excluding hydrogens is 368 g/mol. The monoisotopic (exact) mass is 392 g/mol. The van der Waals surface area contributed by atoms with Crippen molar-refractivity contribution in [3.63, 3.8) is 0 Å². The number of ether oxygens (including phenoxy) is 1. The Hall–Kier alpha value is -1.59. The maximum absolute atomic E-state index is 12.8. The zero-order valence-corrected chi connectivity index (χ0v) is 17.3. The van der Waals surface area contributed by atoms with Gasteiger partial charge >= 0.3 is 0 Å². The summed E-state index contributed by atoms with van der Waals surface area (Å²) < 4.78 is 8.27.